The van der Waals surface area contributed by atoms with Gasteiger partial charge in [0.1, 0.15) is 0 Å². The predicted octanol–water partition coefficient (Wildman–Crippen LogP) is -0.614. The Morgan fingerprint density at radius 1 is 1.69 bits per heavy atom. The van der Waals surface area contributed by atoms with E-state index in [-0.39, 0.29) is 11.7 Å². The Balaban J connectivity index is 3.05. The molecule has 72 valence electrons. The monoisotopic (exact) mass is 205 g/mol. The fraction of sp³-hybridized carbons (Fsp3) is 0.333. The second-order valence-electron chi connectivity index (χ2n) is 2.29. The quantitative estimate of drug-likeness (QED) is 0.663. The number of hydrogen-bond acceptors (Lipinski definition) is 5. The van der Waals surface area contributed by atoms with E-state index in [1.807, 2.05) is 0 Å². The van der Waals surface area contributed by atoms with Gasteiger partial charge in [0, 0.05) is 7.11 Å². The number of hydrogen-bond donors (Lipinski definition) is 1. The Morgan fingerprint density at radius 3 is 2.69 bits per heavy atom. The maximum absolute atomic E-state index is 11.1. The Kier molecular flexibility index (Phi) is 2.48. The Labute approximate surface area is 74.5 Å². The standard InChI is InChI=1S/C6H7NO5S/c1-12-2-5-7-4(6(8)9)3-13(5,10)11/h3H,2H2,1H3,(H,8,9). The highest BCUT2D eigenvalue weighted by Crippen LogP contribution is 2.14. The van der Waals surface area contributed by atoms with Crippen LogP contribution in [0.4, 0.5) is 0 Å². The molecule has 0 atom stereocenters. The minimum atomic E-state index is -3.66. The van der Waals surface area contributed by atoms with Crippen molar-refractivity contribution in [1.82, 2.24) is 0 Å². The summed E-state index contributed by atoms with van der Waals surface area (Å²) < 4.78 is 26.8. The molecule has 0 saturated carbocycles. The number of ether oxygens (including phenoxy) is 1. The number of carboxylic acids is 1. The largest absolute Gasteiger partial charge is 0.476 e. The molecule has 0 spiro atoms. The minimum absolute atomic E-state index is 0.213. The van der Waals surface area contributed by atoms with Crippen molar-refractivity contribution < 1.29 is 23.1 Å². The summed E-state index contributed by atoms with van der Waals surface area (Å²) in [5.41, 5.74) is -0.480. The highest BCUT2D eigenvalue weighted by Gasteiger charge is 2.27. The van der Waals surface area contributed by atoms with Gasteiger partial charge in [0.15, 0.2) is 10.7 Å². The second kappa shape index (κ2) is 3.27. The van der Waals surface area contributed by atoms with Gasteiger partial charge in [-0.2, -0.15) is 0 Å². The molecule has 1 aliphatic heterocycles. The van der Waals surface area contributed by atoms with E-state index in [0.29, 0.717) is 5.41 Å². The molecule has 13 heavy (non-hydrogen) atoms. The van der Waals surface area contributed by atoms with Gasteiger partial charge in [-0.3, -0.25) is 0 Å². The van der Waals surface area contributed by atoms with Gasteiger partial charge in [-0.1, -0.05) is 0 Å². The van der Waals surface area contributed by atoms with Crippen LogP contribution in [0.15, 0.2) is 16.1 Å². The molecule has 1 aliphatic rings. The number of carbonyl (C=O) groups is 1. The topological polar surface area (TPSA) is 93.0 Å². The predicted molar refractivity (Wildman–Crippen MR) is 43.9 cm³/mol. The summed E-state index contributed by atoms with van der Waals surface area (Å²) >= 11 is 0. The third-order valence-electron chi connectivity index (χ3n) is 1.33. The summed E-state index contributed by atoms with van der Waals surface area (Å²) in [4.78, 5) is 13.8. The average Bonchev–Trinajstić information content (AvgIpc) is 2.28. The van der Waals surface area contributed by atoms with Crippen LogP contribution in [0.25, 0.3) is 0 Å². The smallest absolute Gasteiger partial charge is 0.355 e. The van der Waals surface area contributed by atoms with Crippen molar-refractivity contribution in [1.29, 1.82) is 0 Å². The second-order valence-corrected chi connectivity index (χ2v) is 4.09. The van der Waals surface area contributed by atoms with Crippen molar-refractivity contribution in [2.45, 2.75) is 0 Å². The van der Waals surface area contributed by atoms with E-state index >= 15 is 0 Å². The van der Waals surface area contributed by atoms with Crippen LogP contribution in [0.5, 0.6) is 0 Å². The van der Waals surface area contributed by atoms with E-state index in [4.69, 9.17) is 5.11 Å². The van der Waals surface area contributed by atoms with Gasteiger partial charge in [0.2, 0.25) is 9.84 Å². The van der Waals surface area contributed by atoms with Crippen molar-refractivity contribution in [2.24, 2.45) is 4.99 Å². The van der Waals surface area contributed by atoms with E-state index < -0.39 is 21.5 Å². The van der Waals surface area contributed by atoms with Crippen LogP contribution in [0.2, 0.25) is 0 Å². The third kappa shape index (κ3) is 1.93. The molecule has 1 heterocycles. The summed E-state index contributed by atoms with van der Waals surface area (Å²) in [5.74, 6) is -1.37. The van der Waals surface area contributed by atoms with Gasteiger partial charge < -0.3 is 9.84 Å². The van der Waals surface area contributed by atoms with E-state index in [1.54, 1.807) is 0 Å². The minimum Gasteiger partial charge on any atom is -0.476 e. The molecule has 0 bridgehead atoms. The van der Waals surface area contributed by atoms with Gasteiger partial charge in [0.25, 0.3) is 0 Å². The Bertz CT molecular complexity index is 391. The van der Waals surface area contributed by atoms with Crippen molar-refractivity contribution in [3.8, 4) is 0 Å². The molecular weight excluding hydrogens is 198 g/mol. The first-order chi connectivity index (χ1) is 5.97. The number of carboxylic acid groups (broad SMARTS) is 1. The zero-order chi connectivity index (χ0) is 10.1. The van der Waals surface area contributed by atoms with Crippen LogP contribution in [0, 0.1) is 0 Å². The summed E-state index contributed by atoms with van der Waals surface area (Å²) in [5, 5.41) is 8.79. The lowest BCUT2D eigenvalue weighted by Gasteiger charge is -1.95. The summed E-state index contributed by atoms with van der Waals surface area (Å²) in [7, 11) is -2.36. The lowest BCUT2D eigenvalue weighted by Crippen LogP contribution is -2.14. The maximum atomic E-state index is 11.1. The molecule has 6 nitrogen and oxygen atoms in total. The fourth-order valence-electron chi connectivity index (χ4n) is 0.775. The number of sulfone groups is 1. The average molecular weight is 205 g/mol. The number of aliphatic imine (C=N–C) groups is 1. The summed E-state index contributed by atoms with van der Waals surface area (Å²) in [6.07, 6.45) is 0. The molecule has 0 aromatic rings. The molecule has 0 radical (unpaired) electrons. The lowest BCUT2D eigenvalue weighted by atomic mass is 10.5. The van der Waals surface area contributed by atoms with Crippen molar-refractivity contribution >= 4 is 20.9 Å². The first-order valence-electron chi connectivity index (χ1n) is 3.24. The van der Waals surface area contributed by atoms with Crippen LogP contribution in [0.3, 0.4) is 0 Å². The molecule has 0 aromatic heterocycles. The Morgan fingerprint density at radius 2 is 2.31 bits per heavy atom. The van der Waals surface area contributed by atoms with Crippen molar-refractivity contribution in [3.05, 3.63) is 11.1 Å². The number of rotatable bonds is 3. The normalized spacial score (nSPS) is 19.5. The van der Waals surface area contributed by atoms with Crippen LogP contribution in [-0.4, -0.2) is 38.3 Å². The number of aliphatic carboxylic acids is 1. The highest BCUT2D eigenvalue weighted by atomic mass is 32.2. The molecule has 1 rings (SSSR count). The van der Waals surface area contributed by atoms with Crippen LogP contribution < -0.4 is 0 Å². The number of nitrogens with zero attached hydrogens (tertiary/aromatic N) is 1. The SMILES string of the molecule is COCC1=NC(C(=O)O)=CS1(=O)=O. The van der Waals surface area contributed by atoms with E-state index in [0.717, 1.165) is 0 Å². The zero-order valence-electron chi connectivity index (χ0n) is 6.72. The molecule has 7 heteroatoms. The van der Waals surface area contributed by atoms with Crippen molar-refractivity contribution in [3.63, 3.8) is 0 Å². The van der Waals surface area contributed by atoms with E-state index in [9.17, 15) is 13.2 Å². The zero-order valence-corrected chi connectivity index (χ0v) is 7.54. The van der Waals surface area contributed by atoms with E-state index in [1.165, 1.54) is 7.11 Å². The van der Waals surface area contributed by atoms with Crippen LogP contribution >= 0.6 is 0 Å². The molecule has 0 unspecified atom stereocenters. The van der Waals surface area contributed by atoms with Gasteiger partial charge in [-0.05, 0) is 0 Å². The highest BCUT2D eigenvalue weighted by molar-refractivity contribution is 8.09. The first-order valence-corrected chi connectivity index (χ1v) is 4.78. The third-order valence-corrected chi connectivity index (χ3v) is 2.73. The van der Waals surface area contributed by atoms with E-state index in [2.05, 4.69) is 9.73 Å². The molecular formula is C6H7NO5S. The molecule has 0 aromatic carbocycles. The molecule has 1 N–H and O–H groups in total. The maximum Gasteiger partial charge on any atom is 0.355 e. The molecule has 0 saturated heterocycles. The fourth-order valence-corrected chi connectivity index (χ4v) is 1.87. The molecule has 0 aliphatic carbocycles. The molecule has 0 amide bonds. The van der Waals surface area contributed by atoms with Gasteiger partial charge in [-0.15, -0.1) is 0 Å². The summed E-state index contributed by atoms with van der Waals surface area (Å²) in [6.45, 7) is -0.213. The van der Waals surface area contributed by atoms with Gasteiger partial charge in [-0.25, -0.2) is 18.2 Å². The van der Waals surface area contributed by atoms with Crippen LogP contribution in [-0.2, 0) is 19.4 Å². The van der Waals surface area contributed by atoms with Gasteiger partial charge in [0.05, 0.1) is 12.0 Å². The van der Waals surface area contributed by atoms with Gasteiger partial charge >= 0.3 is 5.97 Å². The van der Waals surface area contributed by atoms with Crippen molar-refractivity contribution in [2.75, 3.05) is 13.7 Å². The number of methoxy groups -OCH3 is 1. The molecule has 0 fully saturated rings. The first kappa shape index (κ1) is 9.87. The summed E-state index contributed by atoms with van der Waals surface area (Å²) in [6, 6.07) is 0. The Hall–Kier alpha value is -1.21. The van der Waals surface area contributed by atoms with Crippen LogP contribution in [0.1, 0.15) is 0 Å². The lowest BCUT2D eigenvalue weighted by molar-refractivity contribution is -0.132.